The number of hydrogen-bond donors (Lipinski definition) is 1. The number of rotatable bonds is 7. The van der Waals surface area contributed by atoms with E-state index in [1.807, 2.05) is 0 Å². The van der Waals surface area contributed by atoms with Crippen LogP contribution >= 0.6 is 0 Å². The smallest absolute Gasteiger partial charge is 0.0526 e. The van der Waals surface area contributed by atoms with Crippen molar-refractivity contribution in [3.8, 4) is 0 Å². The fourth-order valence-electron chi connectivity index (χ4n) is 3.36. The maximum Gasteiger partial charge on any atom is 0.0526 e. The molecule has 0 spiro atoms. The fraction of sp³-hybridized carbons (Fsp3) is 1.00. The van der Waals surface area contributed by atoms with Crippen LogP contribution in [-0.4, -0.2) is 27.8 Å². The van der Waals surface area contributed by atoms with Gasteiger partial charge in [-0.15, -0.1) is 0 Å². The molecular weight excluding hydrogens is 242 g/mol. The Kier molecular flexibility index (Phi) is 7.47. The molecule has 5 atom stereocenters. The first-order valence-electron chi connectivity index (χ1n) is 7.70. The molecule has 1 aliphatic rings. The van der Waals surface area contributed by atoms with Crippen molar-refractivity contribution in [3.63, 3.8) is 0 Å². The third-order valence-corrected chi connectivity index (χ3v) is 6.20. The molecule has 1 fully saturated rings. The molecule has 0 radical (unpaired) electrons. The van der Waals surface area contributed by atoms with Gasteiger partial charge in [0.25, 0.3) is 0 Å². The average Bonchev–Trinajstić information content (AvgIpc) is 2.28. The van der Waals surface area contributed by atoms with Crippen molar-refractivity contribution in [1.82, 2.24) is 5.32 Å². The Bertz CT molecular complexity index is 257. The summed E-state index contributed by atoms with van der Waals surface area (Å²) in [7, 11) is -0.647. The minimum absolute atomic E-state index is 0.373. The Morgan fingerprint density at radius 2 is 1.89 bits per heavy atom. The first-order chi connectivity index (χ1) is 8.60. The molecular formula is C15H31NOS. The molecule has 0 amide bonds. The van der Waals surface area contributed by atoms with E-state index in [0.29, 0.717) is 17.2 Å². The van der Waals surface area contributed by atoms with Gasteiger partial charge in [0.2, 0.25) is 0 Å². The summed E-state index contributed by atoms with van der Waals surface area (Å²) in [5.74, 6) is 2.27. The molecule has 1 rings (SSSR count). The van der Waals surface area contributed by atoms with Crippen LogP contribution in [0, 0.1) is 11.8 Å². The highest BCUT2D eigenvalue weighted by Gasteiger charge is 2.36. The van der Waals surface area contributed by atoms with Crippen LogP contribution in [0.1, 0.15) is 59.8 Å². The lowest BCUT2D eigenvalue weighted by atomic mass is 9.80. The lowest BCUT2D eigenvalue weighted by Crippen LogP contribution is -2.50. The van der Waals surface area contributed by atoms with Crippen LogP contribution in [0.4, 0.5) is 0 Å². The van der Waals surface area contributed by atoms with Crippen LogP contribution in [-0.2, 0) is 10.8 Å². The lowest BCUT2D eigenvalue weighted by Gasteiger charge is -2.39. The summed E-state index contributed by atoms with van der Waals surface area (Å²) in [4.78, 5) is 0. The topological polar surface area (TPSA) is 29.1 Å². The van der Waals surface area contributed by atoms with Crippen LogP contribution in [0.15, 0.2) is 0 Å². The summed E-state index contributed by atoms with van der Waals surface area (Å²) in [6, 6.07) is 0.469. The van der Waals surface area contributed by atoms with Gasteiger partial charge < -0.3 is 5.32 Å². The molecule has 2 nitrogen and oxygen atoms in total. The highest BCUT2D eigenvalue weighted by Crippen LogP contribution is 2.32. The summed E-state index contributed by atoms with van der Waals surface area (Å²) in [5.41, 5.74) is 0. The van der Waals surface area contributed by atoms with E-state index in [0.717, 1.165) is 24.6 Å². The minimum Gasteiger partial charge on any atom is -0.313 e. The van der Waals surface area contributed by atoms with E-state index in [-0.39, 0.29) is 0 Å². The quantitative estimate of drug-likeness (QED) is 0.721. The molecule has 1 saturated carbocycles. The zero-order chi connectivity index (χ0) is 13.5. The van der Waals surface area contributed by atoms with E-state index in [2.05, 4.69) is 33.0 Å². The van der Waals surface area contributed by atoms with Crippen LogP contribution in [0.5, 0.6) is 0 Å². The van der Waals surface area contributed by atoms with Crippen molar-refractivity contribution in [1.29, 1.82) is 0 Å². The molecule has 0 aliphatic heterocycles. The second-order valence-corrected chi connectivity index (χ2v) is 7.69. The standard InChI is InChI=1S/C15H31NOS/c1-5-7-8-9-18(17)15-13(4)10-12(3)11-14(15)16-6-2/h12-16H,5-11H2,1-4H3. The van der Waals surface area contributed by atoms with Gasteiger partial charge in [0, 0.05) is 22.6 Å². The Hall–Kier alpha value is 0.110. The van der Waals surface area contributed by atoms with Gasteiger partial charge in [-0.05, 0) is 37.6 Å². The molecule has 0 aromatic heterocycles. The van der Waals surface area contributed by atoms with Crippen molar-refractivity contribution in [3.05, 3.63) is 0 Å². The number of nitrogens with one attached hydrogen (secondary N) is 1. The van der Waals surface area contributed by atoms with Crippen LogP contribution in [0.25, 0.3) is 0 Å². The summed E-state index contributed by atoms with van der Waals surface area (Å²) < 4.78 is 12.5. The van der Waals surface area contributed by atoms with Crippen molar-refractivity contribution in [2.24, 2.45) is 11.8 Å². The summed E-state index contributed by atoms with van der Waals surface area (Å²) >= 11 is 0. The summed E-state index contributed by atoms with van der Waals surface area (Å²) in [6.07, 6.45) is 6.00. The molecule has 1 aliphatic carbocycles. The maximum absolute atomic E-state index is 12.5. The first-order valence-corrected chi connectivity index (χ1v) is 9.08. The third kappa shape index (κ3) is 4.65. The molecule has 0 aromatic rings. The van der Waals surface area contributed by atoms with Crippen LogP contribution < -0.4 is 5.32 Å². The highest BCUT2D eigenvalue weighted by atomic mass is 32.2. The highest BCUT2D eigenvalue weighted by molar-refractivity contribution is 7.85. The van der Waals surface area contributed by atoms with Gasteiger partial charge in [0.05, 0.1) is 5.25 Å². The number of unbranched alkanes of at least 4 members (excludes halogenated alkanes) is 2. The fourth-order valence-corrected chi connectivity index (χ4v) is 5.33. The predicted molar refractivity (Wildman–Crippen MR) is 81.3 cm³/mol. The zero-order valence-corrected chi connectivity index (χ0v) is 13.4. The van der Waals surface area contributed by atoms with E-state index in [9.17, 15) is 4.21 Å². The van der Waals surface area contributed by atoms with Crippen molar-refractivity contribution >= 4 is 10.8 Å². The minimum atomic E-state index is -0.647. The van der Waals surface area contributed by atoms with Crippen molar-refractivity contribution < 1.29 is 4.21 Å². The average molecular weight is 273 g/mol. The maximum atomic E-state index is 12.5. The zero-order valence-electron chi connectivity index (χ0n) is 12.6. The lowest BCUT2D eigenvalue weighted by molar-refractivity contribution is 0.248. The molecule has 0 aromatic carbocycles. The summed E-state index contributed by atoms with van der Waals surface area (Å²) in [6.45, 7) is 9.97. The second-order valence-electron chi connectivity index (χ2n) is 5.97. The van der Waals surface area contributed by atoms with Crippen molar-refractivity contribution in [2.45, 2.75) is 71.1 Å². The number of hydrogen-bond acceptors (Lipinski definition) is 2. The van der Waals surface area contributed by atoms with Gasteiger partial charge in [-0.25, -0.2) is 0 Å². The Morgan fingerprint density at radius 3 is 2.50 bits per heavy atom. The molecule has 3 heteroatoms. The van der Waals surface area contributed by atoms with Gasteiger partial charge >= 0.3 is 0 Å². The van der Waals surface area contributed by atoms with Crippen LogP contribution in [0.2, 0.25) is 0 Å². The normalized spacial score (nSPS) is 34.4. The monoisotopic (exact) mass is 273 g/mol. The predicted octanol–water partition coefficient (Wildman–Crippen LogP) is 3.34. The van der Waals surface area contributed by atoms with Crippen molar-refractivity contribution in [2.75, 3.05) is 12.3 Å². The third-order valence-electron chi connectivity index (χ3n) is 4.11. The molecule has 0 saturated heterocycles. The Morgan fingerprint density at radius 1 is 1.17 bits per heavy atom. The first kappa shape index (κ1) is 16.2. The molecule has 108 valence electrons. The van der Waals surface area contributed by atoms with Gasteiger partial charge in [-0.2, -0.15) is 0 Å². The summed E-state index contributed by atoms with van der Waals surface area (Å²) in [5, 5.41) is 3.95. The second kappa shape index (κ2) is 8.31. The SMILES string of the molecule is CCCCCS(=O)C1C(C)CC(C)CC1NCC. The van der Waals surface area contributed by atoms with E-state index >= 15 is 0 Å². The van der Waals surface area contributed by atoms with Gasteiger partial charge in [0.15, 0.2) is 0 Å². The van der Waals surface area contributed by atoms with Crippen LogP contribution in [0.3, 0.4) is 0 Å². The molecule has 5 unspecified atom stereocenters. The molecule has 0 bridgehead atoms. The Labute approximate surface area is 116 Å². The van der Waals surface area contributed by atoms with E-state index < -0.39 is 10.8 Å². The van der Waals surface area contributed by atoms with Gasteiger partial charge in [-0.1, -0.05) is 40.5 Å². The van der Waals surface area contributed by atoms with E-state index in [1.165, 1.54) is 25.7 Å². The Balaban J connectivity index is 2.59. The molecule has 0 heterocycles. The largest absolute Gasteiger partial charge is 0.313 e. The van der Waals surface area contributed by atoms with Gasteiger partial charge in [-0.3, -0.25) is 4.21 Å². The molecule has 18 heavy (non-hydrogen) atoms. The van der Waals surface area contributed by atoms with E-state index in [4.69, 9.17) is 0 Å². The molecule has 1 N–H and O–H groups in total. The van der Waals surface area contributed by atoms with E-state index in [1.54, 1.807) is 0 Å². The van der Waals surface area contributed by atoms with Gasteiger partial charge in [0.1, 0.15) is 0 Å².